The van der Waals surface area contributed by atoms with Crippen molar-refractivity contribution in [1.82, 2.24) is 15.5 Å². The number of carbonyl (C=O) groups is 1. The Hall–Kier alpha value is -3.29. The Morgan fingerprint density at radius 2 is 2.17 bits per heavy atom. The zero-order chi connectivity index (χ0) is 17.3. The van der Waals surface area contributed by atoms with Crippen molar-refractivity contribution < 1.29 is 14.2 Å². The molecule has 1 aromatic carbocycles. The molecule has 0 aliphatic heterocycles. The van der Waals surface area contributed by atoms with E-state index in [0.717, 1.165) is 0 Å². The highest BCUT2D eigenvalue weighted by atomic mass is 16.6. The summed E-state index contributed by atoms with van der Waals surface area (Å²) >= 11 is 0. The molecule has 3 aromatic rings. The number of pyridine rings is 1. The first-order valence-corrected chi connectivity index (χ1v) is 7.31. The SMILES string of the molecule is CCNC(=O)c1cc(-c2cccc([N+](=O)[O-])c2)nc2onc(C)c12. The Morgan fingerprint density at radius 1 is 1.38 bits per heavy atom. The first-order chi connectivity index (χ1) is 11.5. The summed E-state index contributed by atoms with van der Waals surface area (Å²) < 4.78 is 5.18. The molecule has 0 saturated carbocycles. The van der Waals surface area contributed by atoms with Crippen LogP contribution < -0.4 is 5.32 Å². The van der Waals surface area contributed by atoms with E-state index < -0.39 is 4.92 Å². The molecule has 0 unspecified atom stereocenters. The molecule has 0 saturated heterocycles. The van der Waals surface area contributed by atoms with Crippen molar-refractivity contribution in [3.05, 3.63) is 51.7 Å². The molecule has 24 heavy (non-hydrogen) atoms. The van der Waals surface area contributed by atoms with Crippen LogP contribution in [0.4, 0.5) is 5.69 Å². The van der Waals surface area contributed by atoms with Crippen molar-refractivity contribution in [3.8, 4) is 11.3 Å². The first kappa shape index (κ1) is 15.6. The van der Waals surface area contributed by atoms with Gasteiger partial charge in [-0.2, -0.15) is 0 Å². The fourth-order valence-corrected chi connectivity index (χ4v) is 2.46. The molecule has 1 N–H and O–H groups in total. The van der Waals surface area contributed by atoms with E-state index in [4.69, 9.17) is 4.52 Å². The minimum Gasteiger partial charge on any atom is -0.352 e. The molecule has 0 bridgehead atoms. The minimum atomic E-state index is -0.481. The highest BCUT2D eigenvalue weighted by molar-refractivity contribution is 6.07. The summed E-state index contributed by atoms with van der Waals surface area (Å²) in [5, 5.41) is 18.1. The van der Waals surface area contributed by atoms with Crippen LogP contribution in [0.1, 0.15) is 23.0 Å². The van der Waals surface area contributed by atoms with Gasteiger partial charge in [-0.05, 0) is 19.9 Å². The normalized spacial score (nSPS) is 10.8. The maximum Gasteiger partial charge on any atom is 0.270 e. The molecule has 0 radical (unpaired) electrons. The third-order valence-corrected chi connectivity index (χ3v) is 3.55. The van der Waals surface area contributed by atoms with Crippen LogP contribution in [0.15, 0.2) is 34.9 Å². The van der Waals surface area contributed by atoms with Crippen molar-refractivity contribution in [2.75, 3.05) is 6.54 Å². The third-order valence-electron chi connectivity index (χ3n) is 3.55. The Balaban J connectivity index is 2.21. The third kappa shape index (κ3) is 2.69. The molecule has 0 fully saturated rings. The number of rotatable bonds is 4. The average Bonchev–Trinajstić information content (AvgIpc) is 2.95. The lowest BCUT2D eigenvalue weighted by Gasteiger charge is -2.07. The van der Waals surface area contributed by atoms with E-state index in [9.17, 15) is 14.9 Å². The monoisotopic (exact) mass is 326 g/mol. The van der Waals surface area contributed by atoms with E-state index in [0.29, 0.717) is 34.4 Å². The number of amides is 1. The summed E-state index contributed by atoms with van der Waals surface area (Å²) in [6.45, 7) is 4.01. The summed E-state index contributed by atoms with van der Waals surface area (Å²) in [4.78, 5) is 27.2. The molecule has 8 heteroatoms. The van der Waals surface area contributed by atoms with E-state index >= 15 is 0 Å². The van der Waals surface area contributed by atoms with E-state index in [1.807, 2.05) is 6.92 Å². The topological polar surface area (TPSA) is 111 Å². The van der Waals surface area contributed by atoms with Crippen LogP contribution in [0, 0.1) is 17.0 Å². The molecule has 8 nitrogen and oxygen atoms in total. The highest BCUT2D eigenvalue weighted by Gasteiger charge is 2.19. The lowest BCUT2D eigenvalue weighted by molar-refractivity contribution is -0.384. The van der Waals surface area contributed by atoms with Crippen molar-refractivity contribution >= 4 is 22.7 Å². The number of fused-ring (bicyclic) bond motifs is 1. The van der Waals surface area contributed by atoms with E-state index in [2.05, 4.69) is 15.5 Å². The second kappa shape index (κ2) is 6.07. The van der Waals surface area contributed by atoms with Gasteiger partial charge in [-0.25, -0.2) is 4.98 Å². The van der Waals surface area contributed by atoms with Gasteiger partial charge in [0.15, 0.2) is 0 Å². The van der Waals surface area contributed by atoms with Gasteiger partial charge in [0.25, 0.3) is 17.3 Å². The summed E-state index contributed by atoms with van der Waals surface area (Å²) in [7, 11) is 0. The Labute approximate surface area is 136 Å². The largest absolute Gasteiger partial charge is 0.352 e. The van der Waals surface area contributed by atoms with Crippen LogP contribution in [0.3, 0.4) is 0 Å². The van der Waals surface area contributed by atoms with Crippen molar-refractivity contribution in [2.45, 2.75) is 13.8 Å². The van der Waals surface area contributed by atoms with Crippen LogP contribution in [0.2, 0.25) is 0 Å². The van der Waals surface area contributed by atoms with Crippen LogP contribution in [-0.2, 0) is 0 Å². The average molecular weight is 326 g/mol. The molecule has 2 heterocycles. The molecule has 0 aliphatic rings. The summed E-state index contributed by atoms with van der Waals surface area (Å²) in [6.07, 6.45) is 0. The van der Waals surface area contributed by atoms with E-state index in [1.165, 1.54) is 12.1 Å². The van der Waals surface area contributed by atoms with Gasteiger partial charge >= 0.3 is 0 Å². The maximum absolute atomic E-state index is 12.4. The molecular weight excluding hydrogens is 312 g/mol. The number of nitrogens with one attached hydrogen (secondary N) is 1. The highest BCUT2D eigenvalue weighted by Crippen LogP contribution is 2.28. The quantitative estimate of drug-likeness (QED) is 0.583. The number of carbonyl (C=O) groups excluding carboxylic acids is 1. The van der Waals surface area contributed by atoms with E-state index in [1.54, 1.807) is 25.1 Å². The second-order valence-electron chi connectivity index (χ2n) is 5.17. The molecule has 2 aromatic heterocycles. The molecule has 0 spiro atoms. The second-order valence-corrected chi connectivity index (χ2v) is 5.17. The molecule has 122 valence electrons. The standard InChI is InChI=1S/C16H14N4O4/c1-3-17-15(21)12-8-13(18-16-14(12)9(2)19-24-16)10-5-4-6-11(7-10)20(22)23/h4-8H,3H2,1-2H3,(H,17,21). The molecule has 0 atom stereocenters. The van der Waals surface area contributed by atoms with Gasteiger partial charge in [0, 0.05) is 24.2 Å². The molecule has 3 rings (SSSR count). The Morgan fingerprint density at radius 3 is 2.88 bits per heavy atom. The Bertz CT molecular complexity index is 948. The predicted octanol–water partition coefficient (Wildman–Crippen LogP) is 2.86. The Kier molecular flexibility index (Phi) is 3.95. The van der Waals surface area contributed by atoms with Gasteiger partial charge in [0.1, 0.15) is 0 Å². The van der Waals surface area contributed by atoms with Crippen LogP contribution in [0.25, 0.3) is 22.4 Å². The first-order valence-electron chi connectivity index (χ1n) is 7.31. The van der Waals surface area contributed by atoms with Crippen molar-refractivity contribution in [3.63, 3.8) is 0 Å². The van der Waals surface area contributed by atoms with Gasteiger partial charge in [0.2, 0.25) is 0 Å². The maximum atomic E-state index is 12.4. The zero-order valence-corrected chi connectivity index (χ0v) is 13.1. The lowest BCUT2D eigenvalue weighted by atomic mass is 10.0. The number of nitro groups is 1. The molecule has 1 amide bonds. The number of hydrogen-bond donors (Lipinski definition) is 1. The van der Waals surface area contributed by atoms with Gasteiger partial charge in [-0.15, -0.1) is 0 Å². The molecule has 0 aliphatic carbocycles. The molecular formula is C16H14N4O4. The van der Waals surface area contributed by atoms with E-state index in [-0.39, 0.29) is 17.3 Å². The van der Waals surface area contributed by atoms with Gasteiger partial charge < -0.3 is 9.84 Å². The number of aromatic nitrogens is 2. The van der Waals surface area contributed by atoms with Gasteiger partial charge in [-0.1, -0.05) is 17.3 Å². The van der Waals surface area contributed by atoms with Crippen molar-refractivity contribution in [2.24, 2.45) is 0 Å². The predicted molar refractivity (Wildman–Crippen MR) is 86.6 cm³/mol. The fraction of sp³-hybridized carbons (Fsp3) is 0.188. The number of aryl methyl sites for hydroxylation is 1. The van der Waals surface area contributed by atoms with Gasteiger partial charge in [0.05, 0.1) is 27.3 Å². The summed E-state index contributed by atoms with van der Waals surface area (Å²) in [5.41, 5.74) is 2.03. The van der Waals surface area contributed by atoms with Crippen LogP contribution in [0.5, 0.6) is 0 Å². The summed E-state index contributed by atoms with van der Waals surface area (Å²) in [5.74, 6) is -0.275. The summed E-state index contributed by atoms with van der Waals surface area (Å²) in [6, 6.07) is 7.64. The van der Waals surface area contributed by atoms with Crippen LogP contribution in [-0.4, -0.2) is 27.5 Å². The fourth-order valence-electron chi connectivity index (χ4n) is 2.46. The number of hydrogen-bond acceptors (Lipinski definition) is 6. The number of benzene rings is 1. The zero-order valence-electron chi connectivity index (χ0n) is 13.1. The number of nitro benzene ring substituents is 1. The minimum absolute atomic E-state index is 0.0530. The smallest absolute Gasteiger partial charge is 0.270 e. The number of non-ortho nitro benzene ring substituents is 1. The number of nitrogens with zero attached hydrogens (tertiary/aromatic N) is 3. The lowest BCUT2D eigenvalue weighted by Crippen LogP contribution is -2.23. The van der Waals surface area contributed by atoms with Crippen LogP contribution >= 0.6 is 0 Å². The van der Waals surface area contributed by atoms with Crippen molar-refractivity contribution in [1.29, 1.82) is 0 Å². The van der Waals surface area contributed by atoms with Gasteiger partial charge in [-0.3, -0.25) is 14.9 Å².